The molecule has 0 spiro atoms. The van der Waals surface area contributed by atoms with Crippen LogP contribution >= 0.6 is 0 Å². The van der Waals surface area contributed by atoms with Crippen LogP contribution < -0.4 is 15.5 Å². The number of aryl methyl sites for hydroxylation is 1. The van der Waals surface area contributed by atoms with E-state index < -0.39 is 0 Å². The summed E-state index contributed by atoms with van der Waals surface area (Å²) in [4.78, 5) is 6.62. The number of fused-ring (bicyclic) bond motifs is 2. The smallest absolute Gasteiger partial charge is 0.174 e. The molecule has 4 rings (SSSR count). The first-order valence-corrected chi connectivity index (χ1v) is 10.7. The van der Waals surface area contributed by atoms with E-state index in [2.05, 4.69) is 47.0 Å². The molecular weight excluding hydrogens is 410 g/mol. The van der Waals surface area contributed by atoms with E-state index in [1.807, 2.05) is 57.3 Å². The van der Waals surface area contributed by atoms with Gasteiger partial charge in [-0.1, -0.05) is 45.0 Å². The summed E-state index contributed by atoms with van der Waals surface area (Å²) in [6.07, 6.45) is 4.45. The monoisotopic (exact) mass is 433 g/mol. The zero-order valence-electron chi connectivity index (χ0n) is 19.3. The van der Waals surface area contributed by atoms with E-state index in [0.717, 1.165) is 11.4 Å². The largest absolute Gasteiger partial charge is 0.347 e. The van der Waals surface area contributed by atoms with Crippen molar-refractivity contribution in [2.75, 3.05) is 11.9 Å². The van der Waals surface area contributed by atoms with Crippen molar-refractivity contribution in [3.63, 3.8) is 0 Å². The number of aromatic nitrogens is 3. The summed E-state index contributed by atoms with van der Waals surface area (Å²) in [5, 5.41) is 34.7. The molecule has 0 unspecified atom stereocenters. The normalized spacial score (nSPS) is 15.9. The third kappa shape index (κ3) is 3.16. The number of pyridine rings is 1. The number of benzene rings is 1. The van der Waals surface area contributed by atoms with Crippen LogP contribution in [0.3, 0.4) is 0 Å². The lowest BCUT2D eigenvalue weighted by Gasteiger charge is -2.23. The summed E-state index contributed by atoms with van der Waals surface area (Å²) in [6, 6.07) is 14.5. The van der Waals surface area contributed by atoms with Crippen molar-refractivity contribution >= 4 is 23.0 Å². The first-order valence-electron chi connectivity index (χ1n) is 10.7. The van der Waals surface area contributed by atoms with Crippen molar-refractivity contribution < 1.29 is 0 Å². The van der Waals surface area contributed by atoms with Gasteiger partial charge in [-0.2, -0.15) is 20.9 Å². The molecular formula is C26H23N7. The zero-order chi connectivity index (χ0) is 23.9. The van der Waals surface area contributed by atoms with Gasteiger partial charge in [0.25, 0.3) is 0 Å². The Labute approximate surface area is 192 Å². The van der Waals surface area contributed by atoms with Gasteiger partial charge in [-0.3, -0.25) is 0 Å². The van der Waals surface area contributed by atoms with E-state index in [0.29, 0.717) is 39.6 Å². The van der Waals surface area contributed by atoms with Crippen LogP contribution in [0.4, 0.5) is 5.69 Å². The molecule has 0 atom stereocenters. The highest BCUT2D eigenvalue weighted by molar-refractivity contribution is 5.75. The van der Waals surface area contributed by atoms with Crippen molar-refractivity contribution in [1.82, 2.24) is 14.6 Å². The Morgan fingerprint density at radius 1 is 1.12 bits per heavy atom. The molecule has 3 aromatic rings. The Kier molecular flexibility index (Phi) is 5.24. The number of nitrogens with zero attached hydrogens (tertiary/aromatic N) is 7. The number of para-hydroxylation sites is 1. The zero-order valence-corrected chi connectivity index (χ0v) is 19.3. The van der Waals surface area contributed by atoms with Gasteiger partial charge in [-0.15, -0.1) is 0 Å². The fraction of sp³-hybridized carbons (Fsp3) is 0.269. The van der Waals surface area contributed by atoms with Gasteiger partial charge in [0, 0.05) is 35.5 Å². The quantitative estimate of drug-likeness (QED) is 0.615. The predicted octanol–water partition coefficient (Wildman–Crippen LogP) is 2.76. The Morgan fingerprint density at radius 3 is 2.42 bits per heavy atom. The fourth-order valence-electron chi connectivity index (χ4n) is 4.59. The van der Waals surface area contributed by atoms with Crippen molar-refractivity contribution in [2.24, 2.45) is 0 Å². The van der Waals surface area contributed by atoms with E-state index in [1.165, 1.54) is 10.1 Å². The van der Waals surface area contributed by atoms with E-state index in [-0.39, 0.29) is 11.0 Å². The van der Waals surface area contributed by atoms with Crippen LogP contribution in [0, 0.1) is 40.9 Å². The molecule has 0 aliphatic carbocycles. The number of rotatable bonds is 2. The second-order valence-electron chi connectivity index (χ2n) is 8.51. The van der Waals surface area contributed by atoms with Gasteiger partial charge in [0.2, 0.25) is 0 Å². The first kappa shape index (κ1) is 21.8. The molecule has 7 nitrogen and oxygen atoms in total. The SMILES string of the molecule is CCc1nc2c(C#N)c(C)/c(=C/C=C3/N(C)c4ccccc4C3(C)C)c(=C(C#N)C#N)n2n1. The molecule has 162 valence electrons. The Balaban J connectivity index is 2.14. The van der Waals surface area contributed by atoms with Gasteiger partial charge >= 0.3 is 0 Å². The molecule has 33 heavy (non-hydrogen) atoms. The predicted molar refractivity (Wildman–Crippen MR) is 126 cm³/mol. The van der Waals surface area contributed by atoms with Crippen LogP contribution in [0.25, 0.3) is 17.3 Å². The molecule has 0 fully saturated rings. The molecule has 1 aliphatic rings. The average Bonchev–Trinajstić information content (AvgIpc) is 3.32. The highest BCUT2D eigenvalue weighted by atomic mass is 15.3. The summed E-state index contributed by atoms with van der Waals surface area (Å²) in [5.74, 6) is 0.546. The molecule has 0 saturated heterocycles. The number of likely N-dealkylation sites (N-methyl/N-ethyl adjacent to an activating group) is 1. The lowest BCUT2D eigenvalue weighted by atomic mass is 9.83. The molecule has 0 bridgehead atoms. The lowest BCUT2D eigenvalue weighted by Crippen LogP contribution is -2.37. The minimum Gasteiger partial charge on any atom is -0.347 e. The van der Waals surface area contributed by atoms with Gasteiger partial charge in [0.1, 0.15) is 29.1 Å². The maximum absolute atomic E-state index is 9.88. The van der Waals surface area contributed by atoms with Crippen molar-refractivity contribution in [3.05, 3.63) is 69.1 Å². The number of hydrogen-bond acceptors (Lipinski definition) is 6. The average molecular weight is 434 g/mol. The molecule has 0 saturated carbocycles. The van der Waals surface area contributed by atoms with Crippen molar-refractivity contribution in [3.8, 4) is 18.2 Å². The standard InChI is InChI=1S/C26H23N7/c1-6-23-30-25-19(15-29)16(2)18(24(33(25)31-23)17(13-27)14-28)11-12-22-26(3,4)20-9-7-8-10-21(20)32(22)5/h7-12H,6H2,1-5H3/b18-11-,22-12+. The van der Waals surface area contributed by atoms with E-state index in [1.54, 1.807) is 0 Å². The van der Waals surface area contributed by atoms with Crippen LogP contribution in [0.5, 0.6) is 0 Å². The number of anilines is 1. The van der Waals surface area contributed by atoms with Gasteiger partial charge in [-0.25, -0.2) is 9.50 Å². The summed E-state index contributed by atoms with van der Waals surface area (Å²) in [6.45, 7) is 8.07. The number of allylic oxidation sites excluding steroid dienone is 2. The van der Waals surface area contributed by atoms with Gasteiger partial charge in [0.05, 0.1) is 0 Å². The molecule has 0 amide bonds. The topological polar surface area (TPSA) is 105 Å². The maximum atomic E-state index is 9.88. The molecule has 0 N–H and O–H groups in total. The van der Waals surface area contributed by atoms with Crippen LogP contribution in [-0.4, -0.2) is 21.6 Å². The number of nitriles is 3. The van der Waals surface area contributed by atoms with Gasteiger partial charge in [-0.05, 0) is 30.2 Å². The van der Waals surface area contributed by atoms with Crippen molar-refractivity contribution in [2.45, 2.75) is 39.5 Å². The molecule has 3 heterocycles. The molecule has 1 aliphatic heterocycles. The molecule has 0 radical (unpaired) electrons. The van der Waals surface area contributed by atoms with Crippen LogP contribution in [-0.2, 0) is 11.8 Å². The second kappa shape index (κ2) is 7.93. The molecule has 1 aromatic carbocycles. The molecule has 7 heteroatoms. The second-order valence-corrected chi connectivity index (χ2v) is 8.51. The third-order valence-electron chi connectivity index (χ3n) is 6.36. The number of hydrogen-bond donors (Lipinski definition) is 0. The highest BCUT2D eigenvalue weighted by Gasteiger charge is 2.37. The summed E-state index contributed by atoms with van der Waals surface area (Å²) in [7, 11) is 2.03. The van der Waals surface area contributed by atoms with E-state index >= 15 is 0 Å². The lowest BCUT2D eigenvalue weighted by molar-refractivity contribution is 0.641. The Bertz CT molecular complexity index is 1560. The van der Waals surface area contributed by atoms with Crippen LogP contribution in [0.15, 0.2) is 36.0 Å². The summed E-state index contributed by atoms with van der Waals surface area (Å²) >= 11 is 0. The van der Waals surface area contributed by atoms with Crippen molar-refractivity contribution in [1.29, 1.82) is 15.8 Å². The minimum atomic E-state index is -0.238. The summed E-state index contributed by atoms with van der Waals surface area (Å²) < 4.78 is 1.47. The van der Waals surface area contributed by atoms with E-state index in [4.69, 9.17) is 0 Å². The highest BCUT2D eigenvalue weighted by Crippen LogP contribution is 2.46. The van der Waals surface area contributed by atoms with Gasteiger partial charge in [0.15, 0.2) is 17.0 Å². The molecule has 2 aromatic heterocycles. The fourth-order valence-corrected chi connectivity index (χ4v) is 4.59. The summed E-state index contributed by atoms with van der Waals surface area (Å²) in [5.41, 5.74) is 4.51. The van der Waals surface area contributed by atoms with Crippen LogP contribution in [0.1, 0.15) is 43.3 Å². The maximum Gasteiger partial charge on any atom is 0.174 e. The Hall–Kier alpha value is -4.41. The minimum absolute atomic E-state index is 0.0767. The first-order chi connectivity index (χ1) is 15.8. The van der Waals surface area contributed by atoms with Gasteiger partial charge < -0.3 is 4.90 Å². The van der Waals surface area contributed by atoms with Crippen LogP contribution in [0.2, 0.25) is 0 Å². The van der Waals surface area contributed by atoms with E-state index in [9.17, 15) is 15.8 Å². The Morgan fingerprint density at radius 2 is 1.82 bits per heavy atom. The third-order valence-corrected chi connectivity index (χ3v) is 6.36.